The molecule has 4 rings (SSSR count). The van der Waals surface area contributed by atoms with E-state index >= 15 is 0 Å². The Labute approximate surface area is 267 Å². The van der Waals surface area contributed by atoms with E-state index in [9.17, 15) is 4.79 Å². The largest absolute Gasteiger partial charge is 0.494 e. The van der Waals surface area contributed by atoms with Gasteiger partial charge in [-0.15, -0.1) is 0 Å². The Balaban J connectivity index is 1.06. The number of unbranched alkanes of at least 4 members (excludes halogenated alkanes) is 7. The van der Waals surface area contributed by atoms with Gasteiger partial charge < -0.3 is 18.9 Å². The minimum Gasteiger partial charge on any atom is -0.494 e. The molecule has 0 saturated carbocycles. The van der Waals surface area contributed by atoms with Crippen molar-refractivity contribution in [2.24, 2.45) is 0 Å². The van der Waals surface area contributed by atoms with Crippen LogP contribution in [0.3, 0.4) is 0 Å². The number of carbonyl (C=O) groups is 1. The van der Waals surface area contributed by atoms with Crippen molar-refractivity contribution < 1.29 is 23.7 Å². The van der Waals surface area contributed by atoms with Crippen LogP contribution in [0.1, 0.15) is 80.6 Å². The average molecular weight is 606 g/mol. The lowest BCUT2D eigenvalue weighted by Gasteiger charge is -2.09. The molecule has 4 aromatic rings. The van der Waals surface area contributed by atoms with Crippen molar-refractivity contribution in [2.45, 2.75) is 64.7 Å². The zero-order chi connectivity index (χ0) is 31.5. The fourth-order valence-corrected chi connectivity index (χ4v) is 4.77. The lowest BCUT2D eigenvalue weighted by molar-refractivity contribution is 0.0734. The smallest absolute Gasteiger partial charge is 0.343 e. The van der Waals surface area contributed by atoms with Gasteiger partial charge in [0.15, 0.2) is 0 Å². The van der Waals surface area contributed by atoms with Crippen LogP contribution in [0.15, 0.2) is 97.1 Å². The predicted molar refractivity (Wildman–Crippen MR) is 178 cm³/mol. The van der Waals surface area contributed by atoms with Crippen LogP contribution in [-0.4, -0.2) is 25.8 Å². The van der Waals surface area contributed by atoms with E-state index in [1.54, 1.807) is 36.4 Å². The van der Waals surface area contributed by atoms with Gasteiger partial charge in [-0.05, 0) is 110 Å². The first-order valence-electron chi connectivity index (χ1n) is 16.1. The third-order valence-electron chi connectivity index (χ3n) is 7.42. The summed E-state index contributed by atoms with van der Waals surface area (Å²) in [6.07, 6.45) is 10.2. The van der Waals surface area contributed by atoms with Gasteiger partial charge >= 0.3 is 5.97 Å². The van der Waals surface area contributed by atoms with E-state index in [0.717, 1.165) is 54.1 Å². The Morgan fingerprint density at radius 2 is 0.933 bits per heavy atom. The molecule has 6 nitrogen and oxygen atoms in total. The minimum absolute atomic E-state index is 0.411. The molecule has 0 N–H and O–H groups in total. The lowest BCUT2D eigenvalue weighted by atomic mass is 10.0. The number of esters is 1. The lowest BCUT2D eigenvalue weighted by Crippen LogP contribution is -2.08. The average Bonchev–Trinajstić information content (AvgIpc) is 3.09. The first-order chi connectivity index (χ1) is 22.1. The number of rotatable bonds is 19. The summed E-state index contributed by atoms with van der Waals surface area (Å²) in [5, 5.41) is 8.95. The second-order valence-electron chi connectivity index (χ2n) is 11.0. The maximum Gasteiger partial charge on any atom is 0.343 e. The quantitative estimate of drug-likeness (QED) is 0.0601. The highest BCUT2D eigenvalue weighted by Gasteiger charge is 2.09. The van der Waals surface area contributed by atoms with Gasteiger partial charge in [0, 0.05) is 0 Å². The number of nitrogens with zero attached hydrogens (tertiary/aromatic N) is 1. The van der Waals surface area contributed by atoms with Gasteiger partial charge in [0.05, 0.1) is 37.0 Å². The van der Waals surface area contributed by atoms with Gasteiger partial charge in [-0.2, -0.15) is 5.26 Å². The van der Waals surface area contributed by atoms with Crippen LogP contribution in [0, 0.1) is 11.3 Å². The Bertz CT molecular complexity index is 1460. The molecule has 0 aliphatic rings. The van der Waals surface area contributed by atoms with Crippen LogP contribution in [0.25, 0.3) is 11.1 Å². The molecular formula is C39H43NO5. The third-order valence-corrected chi connectivity index (χ3v) is 7.42. The van der Waals surface area contributed by atoms with Gasteiger partial charge in [0.25, 0.3) is 0 Å². The predicted octanol–water partition coefficient (Wildman–Crippen LogP) is 9.81. The topological polar surface area (TPSA) is 77.8 Å². The first-order valence-corrected chi connectivity index (χ1v) is 16.1. The molecule has 45 heavy (non-hydrogen) atoms. The number of benzene rings is 4. The molecule has 6 heteroatoms. The second-order valence-corrected chi connectivity index (χ2v) is 11.0. The molecule has 0 aromatic heterocycles. The maximum absolute atomic E-state index is 12.6. The number of nitriles is 1. The Morgan fingerprint density at radius 3 is 1.44 bits per heavy atom. The van der Waals surface area contributed by atoms with Crippen molar-refractivity contribution in [2.75, 3.05) is 19.8 Å². The molecule has 234 valence electrons. The first kappa shape index (κ1) is 33.1. The zero-order valence-electron chi connectivity index (χ0n) is 26.2. The van der Waals surface area contributed by atoms with Crippen LogP contribution < -0.4 is 18.9 Å². The maximum atomic E-state index is 12.6. The van der Waals surface area contributed by atoms with E-state index < -0.39 is 5.97 Å². The van der Waals surface area contributed by atoms with Crippen molar-refractivity contribution in [3.05, 3.63) is 108 Å². The minimum atomic E-state index is -0.411. The van der Waals surface area contributed by atoms with Gasteiger partial charge in [-0.25, -0.2) is 4.79 Å². The standard InChI is InChI=1S/C39H43NO5/c1-2-3-4-5-6-8-27-44-37-23-25-38(26-24-37)45-39(41)34-17-21-36(22-18-34)43-29-10-7-9-28-42-35-19-15-33(16-20-35)32-13-11-31(30-40)12-14-32/h11-26H,2-10,27-29H2,1H3. The summed E-state index contributed by atoms with van der Waals surface area (Å²) in [4.78, 5) is 12.6. The van der Waals surface area contributed by atoms with Gasteiger partial charge in [-0.3, -0.25) is 0 Å². The molecule has 0 saturated heterocycles. The summed E-state index contributed by atoms with van der Waals surface area (Å²) in [6.45, 7) is 4.16. The monoisotopic (exact) mass is 605 g/mol. The van der Waals surface area contributed by atoms with Gasteiger partial charge in [0.2, 0.25) is 0 Å². The van der Waals surface area contributed by atoms with Crippen molar-refractivity contribution in [3.63, 3.8) is 0 Å². The van der Waals surface area contributed by atoms with E-state index in [1.807, 2.05) is 60.7 Å². The number of hydrogen-bond acceptors (Lipinski definition) is 6. The molecule has 0 fully saturated rings. The number of hydrogen-bond donors (Lipinski definition) is 0. The summed E-state index contributed by atoms with van der Waals surface area (Å²) >= 11 is 0. The SMILES string of the molecule is CCCCCCCCOc1ccc(OC(=O)c2ccc(OCCCCCOc3ccc(-c4ccc(C#N)cc4)cc3)cc2)cc1. The van der Waals surface area contributed by atoms with E-state index in [1.165, 1.54) is 32.1 Å². The normalized spacial score (nSPS) is 10.6. The van der Waals surface area contributed by atoms with Crippen molar-refractivity contribution in [1.82, 2.24) is 0 Å². The molecule has 0 radical (unpaired) electrons. The molecule has 4 aromatic carbocycles. The van der Waals surface area contributed by atoms with Gasteiger partial charge in [-0.1, -0.05) is 63.3 Å². The van der Waals surface area contributed by atoms with Crippen molar-refractivity contribution >= 4 is 5.97 Å². The molecule has 0 atom stereocenters. The summed E-state index contributed by atoms with van der Waals surface area (Å²) in [5.41, 5.74) is 3.28. The summed E-state index contributed by atoms with van der Waals surface area (Å²) in [7, 11) is 0. The van der Waals surface area contributed by atoms with Crippen LogP contribution in [0.4, 0.5) is 0 Å². The molecule has 0 unspecified atom stereocenters. The van der Waals surface area contributed by atoms with Crippen molar-refractivity contribution in [1.29, 1.82) is 5.26 Å². The van der Waals surface area contributed by atoms with Crippen LogP contribution >= 0.6 is 0 Å². The molecule has 0 spiro atoms. The highest BCUT2D eigenvalue weighted by molar-refractivity contribution is 5.91. The second kappa shape index (κ2) is 18.8. The number of carbonyl (C=O) groups excluding carboxylic acids is 1. The van der Waals surface area contributed by atoms with Gasteiger partial charge in [0.1, 0.15) is 23.0 Å². The molecule has 0 bridgehead atoms. The Kier molecular flexibility index (Phi) is 13.8. The van der Waals surface area contributed by atoms with E-state index in [0.29, 0.717) is 36.7 Å². The van der Waals surface area contributed by atoms with E-state index in [-0.39, 0.29) is 0 Å². The molecule has 0 aliphatic heterocycles. The highest BCUT2D eigenvalue weighted by atomic mass is 16.5. The molecule has 0 amide bonds. The molecule has 0 aliphatic carbocycles. The highest BCUT2D eigenvalue weighted by Crippen LogP contribution is 2.23. The molecule has 0 heterocycles. The van der Waals surface area contributed by atoms with Crippen molar-refractivity contribution in [3.8, 4) is 40.2 Å². The van der Waals surface area contributed by atoms with Crippen LogP contribution in [0.2, 0.25) is 0 Å². The fraction of sp³-hybridized carbons (Fsp3) is 0.333. The van der Waals surface area contributed by atoms with E-state index in [4.69, 9.17) is 24.2 Å². The number of ether oxygens (including phenoxy) is 4. The molecular weight excluding hydrogens is 562 g/mol. The Hall–Kier alpha value is -4.76. The van der Waals surface area contributed by atoms with Crippen LogP contribution in [0.5, 0.6) is 23.0 Å². The van der Waals surface area contributed by atoms with Crippen LogP contribution in [-0.2, 0) is 0 Å². The van der Waals surface area contributed by atoms with E-state index in [2.05, 4.69) is 13.0 Å². The zero-order valence-corrected chi connectivity index (χ0v) is 26.2. The Morgan fingerprint density at radius 1 is 0.533 bits per heavy atom. The third kappa shape index (κ3) is 11.7. The summed E-state index contributed by atoms with van der Waals surface area (Å²) in [6, 6.07) is 31.9. The summed E-state index contributed by atoms with van der Waals surface area (Å²) < 4.78 is 23.1. The fourth-order valence-electron chi connectivity index (χ4n) is 4.77. The summed E-state index contributed by atoms with van der Waals surface area (Å²) in [5.74, 6) is 2.41.